The monoisotopic (exact) mass is 792 g/mol. The summed E-state index contributed by atoms with van der Waals surface area (Å²) in [5.74, 6) is 0. The average Bonchev–Trinajstić information content (AvgIpc) is 3.98. The summed E-state index contributed by atoms with van der Waals surface area (Å²) in [6, 6.07) is 84.3. The second kappa shape index (κ2) is 15.6. The topological polar surface area (TPSA) is 9.86 Å². The Balaban J connectivity index is 1.25. The predicted octanol–water partition coefficient (Wildman–Crippen LogP) is 16.2. The van der Waals surface area contributed by atoms with Crippen molar-refractivity contribution >= 4 is 21.5 Å². The molecule has 0 saturated carbocycles. The lowest BCUT2D eigenvalue weighted by atomic mass is 9.85. The van der Waals surface area contributed by atoms with E-state index in [1.54, 1.807) is 0 Å². The van der Waals surface area contributed by atoms with Gasteiger partial charge in [0, 0.05) is 11.4 Å². The minimum absolute atomic E-state index is 1.12. The number of aromatic nitrogens is 2. The molecule has 0 aliphatic carbocycles. The molecular formula is C60H44N2. The Morgan fingerprint density at radius 1 is 0.242 bits per heavy atom. The molecule has 0 spiro atoms. The molecule has 0 saturated heterocycles. The summed E-state index contributed by atoms with van der Waals surface area (Å²) in [6.45, 7) is 4.42. The zero-order chi connectivity index (χ0) is 41.6. The van der Waals surface area contributed by atoms with Crippen LogP contribution >= 0.6 is 0 Å². The van der Waals surface area contributed by atoms with Crippen LogP contribution in [-0.4, -0.2) is 9.13 Å². The molecule has 0 fully saturated rings. The van der Waals surface area contributed by atoms with E-state index in [9.17, 15) is 0 Å². The van der Waals surface area contributed by atoms with Crippen molar-refractivity contribution in [1.29, 1.82) is 0 Å². The van der Waals surface area contributed by atoms with Crippen LogP contribution < -0.4 is 0 Å². The van der Waals surface area contributed by atoms with Crippen LogP contribution in [0.5, 0.6) is 0 Å². The van der Waals surface area contributed by atoms with Gasteiger partial charge in [0.25, 0.3) is 0 Å². The van der Waals surface area contributed by atoms with E-state index in [-0.39, 0.29) is 0 Å². The van der Waals surface area contributed by atoms with Gasteiger partial charge in [-0.3, -0.25) is 0 Å². The summed E-state index contributed by atoms with van der Waals surface area (Å²) in [6.07, 6.45) is 0. The van der Waals surface area contributed by atoms with Crippen LogP contribution in [0.15, 0.2) is 231 Å². The lowest BCUT2D eigenvalue weighted by molar-refractivity contribution is 1.10. The number of fused-ring (bicyclic) bond motifs is 2. The van der Waals surface area contributed by atoms with Crippen LogP contribution in [0.25, 0.3) is 100 Å². The summed E-state index contributed by atoms with van der Waals surface area (Å²) in [5.41, 5.74) is 18.9. The van der Waals surface area contributed by atoms with Gasteiger partial charge in [-0.05, 0) is 128 Å². The highest BCUT2D eigenvalue weighted by atomic mass is 15.0. The maximum Gasteiger partial charge on any atom is 0.0535 e. The second-order valence-corrected chi connectivity index (χ2v) is 16.3. The number of rotatable bonds is 8. The summed E-state index contributed by atoms with van der Waals surface area (Å²) < 4.78 is 4.87. The highest BCUT2D eigenvalue weighted by Gasteiger charge is 2.22. The van der Waals surface area contributed by atoms with Crippen LogP contribution in [0.3, 0.4) is 0 Å². The first-order valence-corrected chi connectivity index (χ1v) is 21.4. The molecule has 0 atom stereocenters. The van der Waals surface area contributed by atoms with Gasteiger partial charge in [0.2, 0.25) is 0 Å². The summed E-state index contributed by atoms with van der Waals surface area (Å²) in [5, 5.41) is 4.86. The van der Waals surface area contributed by atoms with Gasteiger partial charge in [-0.2, -0.15) is 0 Å². The minimum atomic E-state index is 1.12. The normalized spacial score (nSPS) is 11.4. The molecule has 0 aliphatic rings. The van der Waals surface area contributed by atoms with Crippen molar-refractivity contribution < 1.29 is 0 Å². The molecule has 2 heterocycles. The number of nitrogens with zero attached hydrogens (tertiary/aromatic N) is 2. The molecule has 11 aromatic rings. The maximum absolute atomic E-state index is 2.44. The molecule has 0 bridgehead atoms. The van der Waals surface area contributed by atoms with E-state index >= 15 is 0 Å². The zero-order valence-corrected chi connectivity index (χ0v) is 34.8. The van der Waals surface area contributed by atoms with Crippen molar-refractivity contribution in [1.82, 2.24) is 9.13 Å². The third-order valence-electron chi connectivity index (χ3n) is 12.2. The lowest BCUT2D eigenvalue weighted by Gasteiger charge is -2.22. The first-order valence-electron chi connectivity index (χ1n) is 21.4. The van der Waals surface area contributed by atoms with Crippen molar-refractivity contribution in [3.8, 4) is 78.7 Å². The molecule has 294 valence electrons. The van der Waals surface area contributed by atoms with Crippen LogP contribution in [0.1, 0.15) is 11.1 Å². The molecule has 9 aromatic carbocycles. The first-order chi connectivity index (χ1) is 30.6. The lowest BCUT2D eigenvalue weighted by Crippen LogP contribution is -2.02. The van der Waals surface area contributed by atoms with Gasteiger partial charge in [0.1, 0.15) is 0 Å². The van der Waals surface area contributed by atoms with Crippen molar-refractivity contribution in [2.45, 2.75) is 13.8 Å². The summed E-state index contributed by atoms with van der Waals surface area (Å²) >= 11 is 0. The van der Waals surface area contributed by atoms with E-state index in [0.29, 0.717) is 0 Å². The predicted molar refractivity (Wildman–Crippen MR) is 262 cm³/mol. The molecule has 0 aliphatic heterocycles. The van der Waals surface area contributed by atoms with E-state index in [1.807, 2.05) is 0 Å². The largest absolute Gasteiger partial charge is 0.309 e. The van der Waals surface area contributed by atoms with Crippen LogP contribution in [0.4, 0.5) is 0 Å². The van der Waals surface area contributed by atoms with Crippen molar-refractivity contribution in [3.05, 3.63) is 242 Å². The third kappa shape index (κ3) is 6.54. The summed E-state index contributed by atoms with van der Waals surface area (Å²) in [7, 11) is 0. The van der Waals surface area contributed by atoms with Crippen molar-refractivity contribution in [2.75, 3.05) is 0 Å². The fraction of sp³-hybridized carbons (Fsp3) is 0.0333. The Morgan fingerprint density at radius 3 is 0.887 bits per heavy atom. The van der Waals surface area contributed by atoms with Gasteiger partial charge in [0.05, 0.1) is 22.8 Å². The van der Waals surface area contributed by atoms with E-state index < -0.39 is 0 Å². The average molecular weight is 793 g/mol. The molecule has 62 heavy (non-hydrogen) atoms. The standard InChI is InChI=1S/C60H44N2/c1-41-36-42(2)38-48(37-41)60-52-31-29-49(61-55(43-18-8-3-9-19-43)32-33-56(61)44-20-10-4-11-21-44)39-53(52)59(47-26-16-7-17-27-47)51-30-28-50(40-54(51)60)62-57(45-22-12-5-13-23-45)34-35-58(62)46-24-14-6-15-25-46/h3-40H,1-2H3. The van der Waals surface area contributed by atoms with E-state index in [4.69, 9.17) is 0 Å². The number of benzene rings is 9. The van der Waals surface area contributed by atoms with Crippen LogP contribution in [-0.2, 0) is 0 Å². The maximum atomic E-state index is 2.44. The molecule has 2 heteroatoms. The Hall–Kier alpha value is -7.94. The van der Waals surface area contributed by atoms with Gasteiger partial charge < -0.3 is 9.13 Å². The SMILES string of the molecule is Cc1cc(C)cc(-c2c3ccc(-n4c(-c5ccccc5)ccc4-c4ccccc4)cc3c(-c3ccccc3)c3ccc(-n4c(-c5ccccc5)ccc4-c4ccccc4)cc23)c1. The molecule has 0 unspecified atom stereocenters. The summed E-state index contributed by atoms with van der Waals surface area (Å²) in [4.78, 5) is 0. The van der Waals surface area contributed by atoms with Crippen LogP contribution in [0, 0.1) is 13.8 Å². The van der Waals surface area contributed by atoms with Gasteiger partial charge in [-0.15, -0.1) is 0 Å². The van der Waals surface area contributed by atoms with Gasteiger partial charge >= 0.3 is 0 Å². The Kier molecular flexibility index (Phi) is 9.32. The first kappa shape index (κ1) is 37.1. The van der Waals surface area contributed by atoms with Gasteiger partial charge in [0.15, 0.2) is 0 Å². The molecular weight excluding hydrogens is 749 g/mol. The van der Waals surface area contributed by atoms with E-state index in [0.717, 1.165) is 34.2 Å². The molecule has 0 amide bonds. The third-order valence-corrected chi connectivity index (χ3v) is 12.2. The van der Waals surface area contributed by atoms with Crippen LogP contribution in [0.2, 0.25) is 0 Å². The fourth-order valence-corrected chi connectivity index (χ4v) is 9.60. The molecule has 0 N–H and O–H groups in total. The molecule has 11 rings (SSSR count). The zero-order valence-electron chi connectivity index (χ0n) is 34.8. The fourth-order valence-electron chi connectivity index (χ4n) is 9.60. The molecule has 0 radical (unpaired) electrons. The smallest absolute Gasteiger partial charge is 0.0535 e. The second-order valence-electron chi connectivity index (χ2n) is 16.3. The van der Waals surface area contributed by atoms with E-state index in [2.05, 4.69) is 254 Å². The quantitative estimate of drug-likeness (QED) is 0.136. The number of hydrogen-bond acceptors (Lipinski definition) is 0. The van der Waals surface area contributed by atoms with Crippen molar-refractivity contribution in [3.63, 3.8) is 0 Å². The highest BCUT2D eigenvalue weighted by molar-refractivity contribution is 6.22. The Morgan fingerprint density at radius 2 is 0.548 bits per heavy atom. The molecule has 2 nitrogen and oxygen atoms in total. The minimum Gasteiger partial charge on any atom is -0.309 e. The van der Waals surface area contributed by atoms with Crippen molar-refractivity contribution in [2.24, 2.45) is 0 Å². The van der Waals surface area contributed by atoms with E-state index in [1.165, 1.54) is 77.2 Å². The number of hydrogen-bond donors (Lipinski definition) is 0. The van der Waals surface area contributed by atoms with Gasteiger partial charge in [-0.1, -0.05) is 193 Å². The Labute approximate surface area is 363 Å². The van der Waals surface area contributed by atoms with Gasteiger partial charge in [-0.25, -0.2) is 0 Å². The molecule has 2 aromatic heterocycles. The number of aryl methyl sites for hydroxylation is 2. The Bertz CT molecular complexity index is 3240. The highest BCUT2D eigenvalue weighted by Crippen LogP contribution is 2.47.